The topological polar surface area (TPSA) is 26.0 Å². The monoisotopic (exact) mass is 313 g/mol. The molecule has 1 fully saturated rings. The van der Waals surface area contributed by atoms with E-state index in [2.05, 4.69) is 6.92 Å². The van der Waals surface area contributed by atoms with Crippen molar-refractivity contribution in [1.82, 2.24) is 0 Å². The molecule has 2 N–H and O–H groups in total. The molecule has 0 radical (unpaired) electrons. The van der Waals surface area contributed by atoms with Gasteiger partial charge in [-0.2, -0.15) is 0 Å². The molecular formula is C17H25Cl2N. The molecule has 1 aliphatic rings. The zero-order valence-electron chi connectivity index (χ0n) is 12.3. The van der Waals surface area contributed by atoms with Crippen LogP contribution in [0.25, 0.3) is 0 Å². The van der Waals surface area contributed by atoms with Crippen LogP contribution in [0.15, 0.2) is 18.2 Å². The molecule has 0 heterocycles. The van der Waals surface area contributed by atoms with Gasteiger partial charge in [0.2, 0.25) is 0 Å². The minimum absolute atomic E-state index is 0.142. The molecule has 2 rings (SSSR count). The first kappa shape index (κ1) is 16.1. The fourth-order valence-corrected chi connectivity index (χ4v) is 3.96. The Morgan fingerprint density at radius 2 is 1.90 bits per heavy atom. The van der Waals surface area contributed by atoms with Gasteiger partial charge in [0.05, 0.1) is 0 Å². The highest BCUT2D eigenvalue weighted by atomic mass is 35.5. The first-order valence-corrected chi connectivity index (χ1v) is 8.51. The van der Waals surface area contributed by atoms with Gasteiger partial charge in [-0.05, 0) is 49.3 Å². The molecule has 0 amide bonds. The molecule has 0 bridgehead atoms. The number of rotatable bonds is 4. The summed E-state index contributed by atoms with van der Waals surface area (Å²) in [6, 6.07) is 5.70. The van der Waals surface area contributed by atoms with Gasteiger partial charge in [-0.3, -0.25) is 0 Å². The Bertz CT molecular complexity index is 426. The van der Waals surface area contributed by atoms with Crippen LogP contribution in [0, 0.1) is 5.92 Å². The molecule has 1 saturated carbocycles. The van der Waals surface area contributed by atoms with Gasteiger partial charge in [0.1, 0.15) is 0 Å². The van der Waals surface area contributed by atoms with Gasteiger partial charge in [0.25, 0.3) is 0 Å². The second kappa shape index (κ2) is 7.15. The van der Waals surface area contributed by atoms with Crippen molar-refractivity contribution in [3.8, 4) is 0 Å². The molecule has 0 aromatic heterocycles. The molecule has 3 heteroatoms. The Kier molecular flexibility index (Phi) is 5.77. The quantitative estimate of drug-likeness (QED) is 0.718. The predicted octanol–water partition coefficient (Wildman–Crippen LogP) is 5.61. The van der Waals surface area contributed by atoms with Crippen LogP contribution in [0.2, 0.25) is 10.0 Å². The lowest BCUT2D eigenvalue weighted by Gasteiger charge is -2.29. The van der Waals surface area contributed by atoms with E-state index in [1.807, 2.05) is 18.2 Å². The molecule has 1 aromatic carbocycles. The van der Waals surface area contributed by atoms with Crippen LogP contribution in [0.4, 0.5) is 0 Å². The highest BCUT2D eigenvalue weighted by molar-refractivity contribution is 6.36. The molecular weight excluding hydrogens is 289 g/mol. The number of hydrogen-bond acceptors (Lipinski definition) is 1. The molecule has 112 valence electrons. The summed E-state index contributed by atoms with van der Waals surface area (Å²) >= 11 is 12.6. The fourth-order valence-electron chi connectivity index (χ4n) is 3.43. The van der Waals surface area contributed by atoms with E-state index in [0.29, 0.717) is 0 Å². The van der Waals surface area contributed by atoms with Crippen LogP contribution in [-0.2, 0) is 6.42 Å². The van der Waals surface area contributed by atoms with Crippen molar-refractivity contribution >= 4 is 23.2 Å². The van der Waals surface area contributed by atoms with E-state index in [1.54, 1.807) is 0 Å². The minimum Gasteiger partial charge on any atom is -0.325 e. The lowest BCUT2D eigenvalue weighted by atomic mass is 9.84. The molecule has 0 spiro atoms. The molecule has 1 aromatic rings. The summed E-state index contributed by atoms with van der Waals surface area (Å²) in [5, 5.41) is 1.49. The minimum atomic E-state index is -0.142. The van der Waals surface area contributed by atoms with Gasteiger partial charge in [-0.1, -0.05) is 61.9 Å². The normalized spacial score (nSPS) is 27.3. The molecule has 2 atom stereocenters. The van der Waals surface area contributed by atoms with Gasteiger partial charge >= 0.3 is 0 Å². The summed E-state index contributed by atoms with van der Waals surface area (Å²) in [4.78, 5) is 0. The average Bonchev–Trinajstić information content (AvgIpc) is 2.58. The lowest BCUT2D eigenvalue weighted by molar-refractivity contribution is 0.355. The third kappa shape index (κ3) is 4.13. The van der Waals surface area contributed by atoms with Crippen LogP contribution >= 0.6 is 23.2 Å². The third-order valence-electron chi connectivity index (χ3n) is 4.62. The van der Waals surface area contributed by atoms with Gasteiger partial charge in [0.15, 0.2) is 0 Å². The average molecular weight is 314 g/mol. The van der Waals surface area contributed by atoms with Crippen molar-refractivity contribution in [2.24, 2.45) is 11.7 Å². The highest BCUT2D eigenvalue weighted by Crippen LogP contribution is 2.36. The molecule has 1 aliphatic carbocycles. The van der Waals surface area contributed by atoms with Crippen molar-refractivity contribution < 1.29 is 0 Å². The smallest absolute Gasteiger partial charge is 0.0453 e. The van der Waals surface area contributed by atoms with Gasteiger partial charge < -0.3 is 5.73 Å². The first-order valence-electron chi connectivity index (χ1n) is 7.76. The third-order valence-corrected chi connectivity index (χ3v) is 5.33. The van der Waals surface area contributed by atoms with E-state index in [1.165, 1.54) is 32.1 Å². The Morgan fingerprint density at radius 1 is 1.20 bits per heavy atom. The van der Waals surface area contributed by atoms with Crippen LogP contribution in [0.5, 0.6) is 0 Å². The highest BCUT2D eigenvalue weighted by Gasteiger charge is 2.30. The lowest BCUT2D eigenvalue weighted by Crippen LogP contribution is -2.41. The Morgan fingerprint density at radius 3 is 2.55 bits per heavy atom. The molecule has 1 nitrogen and oxygen atoms in total. The molecule has 0 saturated heterocycles. The van der Waals surface area contributed by atoms with Crippen LogP contribution in [0.1, 0.15) is 57.4 Å². The number of nitrogens with two attached hydrogens (primary N) is 1. The van der Waals surface area contributed by atoms with Gasteiger partial charge in [-0.25, -0.2) is 0 Å². The predicted molar refractivity (Wildman–Crippen MR) is 88.6 cm³/mol. The summed E-state index contributed by atoms with van der Waals surface area (Å²) in [6.07, 6.45) is 9.36. The summed E-state index contributed by atoms with van der Waals surface area (Å²) in [5.74, 6) is 0.854. The van der Waals surface area contributed by atoms with Gasteiger partial charge in [-0.15, -0.1) is 0 Å². The summed E-state index contributed by atoms with van der Waals surface area (Å²) < 4.78 is 0. The second-order valence-corrected chi connectivity index (χ2v) is 7.14. The zero-order valence-corrected chi connectivity index (χ0v) is 13.8. The summed E-state index contributed by atoms with van der Waals surface area (Å²) in [6.45, 7) is 2.27. The van der Waals surface area contributed by atoms with Crippen molar-refractivity contribution in [2.75, 3.05) is 0 Å². The maximum atomic E-state index is 6.67. The van der Waals surface area contributed by atoms with Crippen LogP contribution in [-0.4, -0.2) is 5.54 Å². The number of hydrogen-bond donors (Lipinski definition) is 1. The van der Waals surface area contributed by atoms with Crippen molar-refractivity contribution in [3.05, 3.63) is 33.8 Å². The van der Waals surface area contributed by atoms with E-state index in [9.17, 15) is 0 Å². The van der Waals surface area contributed by atoms with Crippen molar-refractivity contribution in [1.29, 1.82) is 0 Å². The van der Waals surface area contributed by atoms with Crippen molar-refractivity contribution in [3.63, 3.8) is 0 Å². The number of halogens is 2. The van der Waals surface area contributed by atoms with Crippen molar-refractivity contribution in [2.45, 2.75) is 63.8 Å². The summed E-state index contributed by atoms with van der Waals surface area (Å²) in [7, 11) is 0. The zero-order chi connectivity index (χ0) is 14.6. The Labute approximate surface area is 132 Å². The standard InChI is InChI=1S/C17H25Cl2N/c1-2-5-13-6-4-10-17(20,11-9-13)12-14-15(18)7-3-8-16(14)19/h3,7-8,13H,2,4-6,9-12,20H2,1H3. The first-order chi connectivity index (χ1) is 9.54. The molecule has 20 heavy (non-hydrogen) atoms. The number of benzene rings is 1. The molecule has 2 unspecified atom stereocenters. The largest absolute Gasteiger partial charge is 0.325 e. The van der Waals surface area contributed by atoms with Gasteiger partial charge in [0, 0.05) is 15.6 Å². The molecule has 0 aliphatic heterocycles. The van der Waals surface area contributed by atoms with E-state index in [4.69, 9.17) is 28.9 Å². The van der Waals surface area contributed by atoms with E-state index >= 15 is 0 Å². The Hall–Kier alpha value is -0.240. The Balaban J connectivity index is 2.07. The van der Waals surface area contributed by atoms with Crippen LogP contribution < -0.4 is 5.73 Å². The van der Waals surface area contributed by atoms with E-state index < -0.39 is 0 Å². The fraction of sp³-hybridized carbons (Fsp3) is 0.647. The van der Waals surface area contributed by atoms with Crippen LogP contribution in [0.3, 0.4) is 0 Å². The second-order valence-electron chi connectivity index (χ2n) is 6.32. The maximum absolute atomic E-state index is 6.67. The van der Waals surface area contributed by atoms with E-state index in [-0.39, 0.29) is 5.54 Å². The SMILES string of the molecule is CCCC1CCCC(N)(Cc2c(Cl)cccc2Cl)CC1. The maximum Gasteiger partial charge on any atom is 0.0453 e. The van der Waals surface area contributed by atoms with E-state index in [0.717, 1.165) is 40.8 Å². The summed E-state index contributed by atoms with van der Waals surface area (Å²) in [5.41, 5.74) is 7.55.